The number of carbonyl (C=O) groups is 1. The highest BCUT2D eigenvalue weighted by atomic mass is 35.5. The van der Waals surface area contributed by atoms with Gasteiger partial charge in [-0.15, -0.1) is 0 Å². The Kier molecular flexibility index (Phi) is 4.25. The van der Waals surface area contributed by atoms with E-state index in [0.717, 1.165) is 6.07 Å². The summed E-state index contributed by atoms with van der Waals surface area (Å²) in [5.74, 6) is -0.640. The summed E-state index contributed by atoms with van der Waals surface area (Å²) in [6.45, 7) is 3.05. The van der Waals surface area contributed by atoms with Crippen molar-refractivity contribution >= 4 is 23.2 Å². The molecule has 1 saturated heterocycles. The lowest BCUT2D eigenvalue weighted by Crippen LogP contribution is -2.28. The molecule has 2 unspecified atom stereocenters. The minimum atomic E-state index is -4.56. The van der Waals surface area contributed by atoms with E-state index >= 15 is 0 Å². The summed E-state index contributed by atoms with van der Waals surface area (Å²) in [6, 6.07) is 3.31. The van der Waals surface area contributed by atoms with Crippen LogP contribution in [0.5, 0.6) is 0 Å². The number of alkyl halides is 3. The Balaban J connectivity index is 2.23. The number of carbonyl (C=O) groups excluding carboxylic acids is 1. The first-order valence-electron chi connectivity index (χ1n) is 6.17. The Labute approximate surface area is 119 Å². The molecular weight excluding hydrogens is 293 g/mol. The first-order chi connectivity index (χ1) is 9.29. The predicted molar refractivity (Wildman–Crippen MR) is 70.6 cm³/mol. The largest absolute Gasteiger partial charge is 0.418 e. The topological polar surface area (TPSA) is 41.1 Å². The van der Waals surface area contributed by atoms with Crippen molar-refractivity contribution in [2.24, 2.45) is 11.8 Å². The molecule has 2 rings (SSSR count). The highest BCUT2D eigenvalue weighted by molar-refractivity contribution is 6.30. The average molecular weight is 307 g/mol. The van der Waals surface area contributed by atoms with Crippen LogP contribution in [0.25, 0.3) is 0 Å². The summed E-state index contributed by atoms with van der Waals surface area (Å²) in [7, 11) is 0. The van der Waals surface area contributed by atoms with Gasteiger partial charge in [0.25, 0.3) is 0 Å². The SMILES string of the molecule is CC1CNCC1C(=O)Nc1ccc(Cl)cc1C(F)(F)F. The van der Waals surface area contributed by atoms with Crippen LogP contribution in [0.2, 0.25) is 5.02 Å². The number of hydrogen-bond acceptors (Lipinski definition) is 2. The number of anilines is 1. The minimum Gasteiger partial charge on any atom is -0.325 e. The van der Waals surface area contributed by atoms with Crippen molar-refractivity contribution in [1.82, 2.24) is 5.32 Å². The van der Waals surface area contributed by atoms with Gasteiger partial charge in [0.15, 0.2) is 0 Å². The third-order valence-electron chi connectivity index (χ3n) is 3.40. The smallest absolute Gasteiger partial charge is 0.325 e. The number of hydrogen-bond donors (Lipinski definition) is 2. The van der Waals surface area contributed by atoms with Gasteiger partial charge in [-0.05, 0) is 30.7 Å². The Morgan fingerprint density at radius 3 is 2.65 bits per heavy atom. The zero-order valence-corrected chi connectivity index (χ0v) is 11.5. The van der Waals surface area contributed by atoms with Crippen molar-refractivity contribution in [3.8, 4) is 0 Å². The first-order valence-corrected chi connectivity index (χ1v) is 6.55. The molecule has 2 N–H and O–H groups in total. The van der Waals surface area contributed by atoms with Gasteiger partial charge in [0.2, 0.25) is 5.91 Å². The summed E-state index contributed by atoms with van der Waals surface area (Å²) < 4.78 is 38.7. The summed E-state index contributed by atoms with van der Waals surface area (Å²) in [5, 5.41) is 5.38. The van der Waals surface area contributed by atoms with Crippen LogP contribution in [0.4, 0.5) is 18.9 Å². The number of rotatable bonds is 2. The number of benzene rings is 1. The maximum atomic E-state index is 12.9. The molecule has 7 heteroatoms. The van der Waals surface area contributed by atoms with E-state index in [4.69, 9.17) is 11.6 Å². The second kappa shape index (κ2) is 5.61. The molecule has 0 bridgehead atoms. The molecule has 1 fully saturated rings. The van der Waals surface area contributed by atoms with Gasteiger partial charge in [0, 0.05) is 11.6 Å². The molecule has 110 valence electrons. The lowest BCUT2D eigenvalue weighted by molar-refractivity contribution is -0.137. The maximum absolute atomic E-state index is 12.9. The zero-order valence-electron chi connectivity index (χ0n) is 10.7. The monoisotopic (exact) mass is 306 g/mol. The summed E-state index contributed by atoms with van der Waals surface area (Å²) in [4.78, 5) is 12.0. The van der Waals surface area contributed by atoms with Crippen LogP contribution in [-0.2, 0) is 11.0 Å². The molecule has 1 amide bonds. The van der Waals surface area contributed by atoms with Gasteiger partial charge < -0.3 is 10.6 Å². The molecule has 1 heterocycles. The second-order valence-corrected chi connectivity index (χ2v) is 5.36. The van der Waals surface area contributed by atoms with Crippen LogP contribution in [-0.4, -0.2) is 19.0 Å². The van der Waals surface area contributed by atoms with E-state index in [2.05, 4.69) is 10.6 Å². The first kappa shape index (κ1) is 15.1. The number of amides is 1. The average Bonchev–Trinajstić information content (AvgIpc) is 2.76. The molecular formula is C13H14ClF3N2O. The zero-order chi connectivity index (χ0) is 14.9. The molecule has 1 aromatic rings. The van der Waals surface area contributed by atoms with Crippen molar-refractivity contribution in [2.45, 2.75) is 13.1 Å². The van der Waals surface area contributed by atoms with Crippen LogP contribution >= 0.6 is 11.6 Å². The predicted octanol–water partition coefficient (Wildman–Crippen LogP) is 3.15. The molecule has 0 radical (unpaired) electrons. The number of nitrogens with one attached hydrogen (secondary N) is 2. The van der Waals surface area contributed by atoms with Gasteiger partial charge in [0.05, 0.1) is 17.2 Å². The van der Waals surface area contributed by atoms with E-state index in [1.165, 1.54) is 12.1 Å². The van der Waals surface area contributed by atoms with Crippen LogP contribution in [0, 0.1) is 11.8 Å². The van der Waals surface area contributed by atoms with E-state index in [-0.39, 0.29) is 22.5 Å². The maximum Gasteiger partial charge on any atom is 0.418 e. The lowest BCUT2D eigenvalue weighted by Gasteiger charge is -2.18. The molecule has 1 aliphatic rings. The van der Waals surface area contributed by atoms with E-state index in [1.54, 1.807) is 0 Å². The van der Waals surface area contributed by atoms with Gasteiger partial charge in [-0.25, -0.2) is 0 Å². The van der Waals surface area contributed by atoms with Crippen molar-refractivity contribution in [1.29, 1.82) is 0 Å². The number of halogens is 4. The van der Waals surface area contributed by atoms with E-state index in [9.17, 15) is 18.0 Å². The van der Waals surface area contributed by atoms with Gasteiger partial charge >= 0.3 is 6.18 Å². The highest BCUT2D eigenvalue weighted by Gasteiger charge is 2.36. The van der Waals surface area contributed by atoms with Crippen LogP contribution < -0.4 is 10.6 Å². The highest BCUT2D eigenvalue weighted by Crippen LogP contribution is 2.36. The fourth-order valence-corrected chi connectivity index (χ4v) is 2.42. The van der Waals surface area contributed by atoms with Crippen LogP contribution in [0.15, 0.2) is 18.2 Å². The van der Waals surface area contributed by atoms with Gasteiger partial charge in [-0.1, -0.05) is 18.5 Å². The molecule has 0 saturated carbocycles. The van der Waals surface area contributed by atoms with Crippen LogP contribution in [0.1, 0.15) is 12.5 Å². The van der Waals surface area contributed by atoms with Crippen LogP contribution in [0.3, 0.4) is 0 Å². The summed E-state index contributed by atoms with van der Waals surface area (Å²) >= 11 is 5.59. The van der Waals surface area contributed by atoms with Gasteiger partial charge in [-0.3, -0.25) is 4.79 Å². The quantitative estimate of drug-likeness (QED) is 0.881. The van der Waals surface area contributed by atoms with E-state index in [0.29, 0.717) is 13.1 Å². The van der Waals surface area contributed by atoms with Gasteiger partial charge in [0.1, 0.15) is 0 Å². The standard InChI is InChI=1S/C13H14ClF3N2O/c1-7-5-18-6-9(7)12(20)19-11-3-2-8(14)4-10(11)13(15,16)17/h2-4,7,9,18H,5-6H2,1H3,(H,19,20). The van der Waals surface area contributed by atoms with E-state index in [1.807, 2.05) is 6.92 Å². The fraction of sp³-hybridized carbons (Fsp3) is 0.462. The Bertz CT molecular complexity index is 519. The molecule has 20 heavy (non-hydrogen) atoms. The van der Waals surface area contributed by atoms with Crippen molar-refractivity contribution in [3.05, 3.63) is 28.8 Å². The van der Waals surface area contributed by atoms with E-state index < -0.39 is 17.6 Å². The lowest BCUT2D eigenvalue weighted by atomic mass is 9.97. The molecule has 0 aromatic heterocycles. The summed E-state index contributed by atoms with van der Waals surface area (Å²) in [6.07, 6.45) is -4.56. The normalized spacial score (nSPS) is 22.9. The van der Waals surface area contributed by atoms with Gasteiger partial charge in [-0.2, -0.15) is 13.2 Å². The van der Waals surface area contributed by atoms with Crippen molar-refractivity contribution < 1.29 is 18.0 Å². The summed E-state index contributed by atoms with van der Waals surface area (Å²) in [5.41, 5.74) is -1.19. The molecule has 3 nitrogen and oxygen atoms in total. The molecule has 1 aromatic carbocycles. The molecule has 0 aliphatic carbocycles. The third-order valence-corrected chi connectivity index (χ3v) is 3.63. The molecule has 1 aliphatic heterocycles. The third kappa shape index (κ3) is 3.24. The van der Waals surface area contributed by atoms with Crippen molar-refractivity contribution in [3.63, 3.8) is 0 Å². The van der Waals surface area contributed by atoms with Crippen molar-refractivity contribution in [2.75, 3.05) is 18.4 Å². The minimum absolute atomic E-state index is 0.0220. The molecule has 0 spiro atoms. The Hall–Kier alpha value is -1.27. The Morgan fingerprint density at radius 1 is 1.40 bits per heavy atom. The Morgan fingerprint density at radius 2 is 2.10 bits per heavy atom. The molecule has 2 atom stereocenters. The second-order valence-electron chi connectivity index (χ2n) is 4.92. The fourth-order valence-electron chi connectivity index (χ4n) is 2.25.